The minimum Gasteiger partial charge on any atom is -0.309 e. The fourth-order valence-electron chi connectivity index (χ4n) is 2.34. The molecule has 19 heavy (non-hydrogen) atoms. The number of hydrogen-bond acceptors (Lipinski definition) is 4. The molecular formula is C14H29N5. The average molecular weight is 267 g/mol. The van der Waals surface area contributed by atoms with E-state index in [-0.39, 0.29) is 0 Å². The monoisotopic (exact) mass is 267 g/mol. The van der Waals surface area contributed by atoms with E-state index in [1.165, 1.54) is 0 Å². The van der Waals surface area contributed by atoms with Gasteiger partial charge in [-0.05, 0) is 34.1 Å². The predicted molar refractivity (Wildman–Crippen MR) is 79.0 cm³/mol. The van der Waals surface area contributed by atoms with Crippen molar-refractivity contribution >= 4 is 0 Å². The Morgan fingerprint density at radius 3 is 2.53 bits per heavy atom. The maximum absolute atomic E-state index is 4.30. The normalized spacial score (nSPS) is 12.0. The van der Waals surface area contributed by atoms with Crippen molar-refractivity contribution in [3.63, 3.8) is 0 Å². The molecule has 0 radical (unpaired) electrons. The second-order valence-electron chi connectivity index (χ2n) is 5.50. The van der Waals surface area contributed by atoms with Crippen molar-refractivity contribution in [1.29, 1.82) is 0 Å². The van der Waals surface area contributed by atoms with Crippen molar-refractivity contribution in [2.24, 2.45) is 0 Å². The van der Waals surface area contributed by atoms with Gasteiger partial charge in [-0.1, -0.05) is 6.92 Å². The summed E-state index contributed by atoms with van der Waals surface area (Å²) in [5.41, 5.74) is 0. The minimum absolute atomic E-state index is 0.588. The Morgan fingerprint density at radius 2 is 1.95 bits per heavy atom. The van der Waals surface area contributed by atoms with E-state index in [1.54, 1.807) is 6.33 Å². The van der Waals surface area contributed by atoms with Crippen LogP contribution in [0.5, 0.6) is 0 Å². The molecular weight excluding hydrogens is 238 g/mol. The zero-order valence-electron chi connectivity index (χ0n) is 13.1. The Balaban J connectivity index is 2.31. The van der Waals surface area contributed by atoms with Gasteiger partial charge in [-0.3, -0.25) is 4.90 Å². The summed E-state index contributed by atoms with van der Waals surface area (Å²) in [6.45, 7) is 14.9. The van der Waals surface area contributed by atoms with E-state index in [2.05, 4.69) is 54.9 Å². The van der Waals surface area contributed by atoms with E-state index in [4.69, 9.17) is 0 Å². The second-order valence-corrected chi connectivity index (χ2v) is 5.50. The SMILES string of the molecule is CCCn1ncnc1CNCCN(C(C)C)C(C)C. The topological polar surface area (TPSA) is 46.0 Å². The standard InChI is InChI=1S/C14H29N5/c1-6-8-19-14(16-11-17-19)10-15-7-9-18(12(2)3)13(4)5/h11-13,15H,6-10H2,1-5H3. The highest BCUT2D eigenvalue weighted by Crippen LogP contribution is 2.03. The highest BCUT2D eigenvalue weighted by Gasteiger charge is 2.12. The van der Waals surface area contributed by atoms with E-state index < -0.39 is 0 Å². The molecule has 5 nitrogen and oxygen atoms in total. The molecule has 0 aliphatic carbocycles. The lowest BCUT2D eigenvalue weighted by molar-refractivity contribution is 0.175. The Hall–Kier alpha value is -0.940. The van der Waals surface area contributed by atoms with Gasteiger partial charge in [-0.15, -0.1) is 0 Å². The molecule has 5 heteroatoms. The molecule has 0 aliphatic heterocycles. The highest BCUT2D eigenvalue weighted by molar-refractivity contribution is 4.83. The summed E-state index contributed by atoms with van der Waals surface area (Å²) in [7, 11) is 0. The minimum atomic E-state index is 0.588. The van der Waals surface area contributed by atoms with E-state index >= 15 is 0 Å². The molecule has 0 fully saturated rings. The first kappa shape index (κ1) is 16.1. The number of nitrogens with one attached hydrogen (secondary N) is 1. The van der Waals surface area contributed by atoms with Gasteiger partial charge in [0, 0.05) is 31.7 Å². The third-order valence-corrected chi connectivity index (χ3v) is 3.29. The van der Waals surface area contributed by atoms with Crippen molar-refractivity contribution < 1.29 is 0 Å². The molecule has 1 heterocycles. The lowest BCUT2D eigenvalue weighted by atomic mass is 10.2. The van der Waals surface area contributed by atoms with Gasteiger partial charge >= 0.3 is 0 Å². The fraction of sp³-hybridized carbons (Fsp3) is 0.857. The van der Waals surface area contributed by atoms with Crippen molar-refractivity contribution in [1.82, 2.24) is 25.0 Å². The van der Waals surface area contributed by atoms with Gasteiger partial charge in [0.25, 0.3) is 0 Å². The van der Waals surface area contributed by atoms with Gasteiger partial charge in [-0.2, -0.15) is 5.10 Å². The summed E-state index contributed by atoms with van der Waals surface area (Å²) in [4.78, 5) is 6.79. The Bertz CT molecular complexity index is 337. The lowest BCUT2D eigenvalue weighted by Gasteiger charge is -2.30. The van der Waals surface area contributed by atoms with E-state index in [1.807, 2.05) is 4.68 Å². The van der Waals surface area contributed by atoms with Crippen molar-refractivity contribution in [3.05, 3.63) is 12.2 Å². The molecule has 1 rings (SSSR count). The number of rotatable bonds is 9. The lowest BCUT2D eigenvalue weighted by Crippen LogP contribution is -2.41. The van der Waals surface area contributed by atoms with Crippen LogP contribution in [0.25, 0.3) is 0 Å². The molecule has 0 aliphatic rings. The summed E-state index contributed by atoms with van der Waals surface area (Å²) in [6, 6.07) is 1.18. The molecule has 0 amide bonds. The van der Waals surface area contributed by atoms with Crippen molar-refractivity contribution in [2.75, 3.05) is 13.1 Å². The Kier molecular flexibility index (Phi) is 7.02. The molecule has 1 N–H and O–H groups in total. The van der Waals surface area contributed by atoms with Gasteiger partial charge in [0.15, 0.2) is 0 Å². The van der Waals surface area contributed by atoms with E-state index in [9.17, 15) is 0 Å². The zero-order valence-corrected chi connectivity index (χ0v) is 13.1. The van der Waals surface area contributed by atoms with Gasteiger partial charge in [0.2, 0.25) is 0 Å². The third kappa shape index (κ3) is 5.28. The smallest absolute Gasteiger partial charge is 0.140 e. The highest BCUT2D eigenvalue weighted by atomic mass is 15.3. The molecule has 0 unspecified atom stereocenters. The first-order chi connectivity index (χ1) is 9.06. The zero-order chi connectivity index (χ0) is 14.3. The number of aryl methyl sites for hydroxylation is 1. The summed E-state index contributed by atoms with van der Waals surface area (Å²) in [5.74, 6) is 1.03. The summed E-state index contributed by atoms with van der Waals surface area (Å²) in [6.07, 6.45) is 2.73. The summed E-state index contributed by atoms with van der Waals surface area (Å²) in [5, 5.41) is 7.69. The molecule has 0 bridgehead atoms. The molecule has 0 atom stereocenters. The molecule has 0 aromatic carbocycles. The predicted octanol–water partition coefficient (Wildman–Crippen LogP) is 1.90. The van der Waals surface area contributed by atoms with Crippen LogP contribution in [0.3, 0.4) is 0 Å². The van der Waals surface area contributed by atoms with Gasteiger partial charge in [0.05, 0.1) is 6.54 Å². The summed E-state index contributed by atoms with van der Waals surface area (Å²) < 4.78 is 1.98. The van der Waals surface area contributed by atoms with E-state index in [0.29, 0.717) is 12.1 Å². The van der Waals surface area contributed by atoms with Gasteiger partial charge in [-0.25, -0.2) is 9.67 Å². The van der Waals surface area contributed by atoms with Crippen LogP contribution in [0.4, 0.5) is 0 Å². The van der Waals surface area contributed by atoms with Crippen molar-refractivity contribution in [3.8, 4) is 0 Å². The number of nitrogens with zero attached hydrogens (tertiary/aromatic N) is 4. The molecule has 0 saturated heterocycles. The molecule has 0 spiro atoms. The molecule has 110 valence electrons. The quantitative estimate of drug-likeness (QED) is 0.694. The second kappa shape index (κ2) is 8.27. The van der Waals surface area contributed by atoms with Crippen LogP contribution in [0.1, 0.15) is 46.9 Å². The first-order valence-corrected chi connectivity index (χ1v) is 7.39. The van der Waals surface area contributed by atoms with Crippen LogP contribution in [0, 0.1) is 0 Å². The summed E-state index contributed by atoms with van der Waals surface area (Å²) >= 11 is 0. The van der Waals surface area contributed by atoms with Crippen LogP contribution in [-0.2, 0) is 13.1 Å². The first-order valence-electron chi connectivity index (χ1n) is 7.39. The van der Waals surface area contributed by atoms with Crippen LogP contribution in [0.2, 0.25) is 0 Å². The molecule has 0 saturated carbocycles. The van der Waals surface area contributed by atoms with Crippen LogP contribution in [-0.4, -0.2) is 44.8 Å². The number of aromatic nitrogens is 3. The fourth-order valence-corrected chi connectivity index (χ4v) is 2.34. The average Bonchev–Trinajstić information content (AvgIpc) is 2.76. The third-order valence-electron chi connectivity index (χ3n) is 3.29. The molecule has 1 aromatic heterocycles. The van der Waals surface area contributed by atoms with Gasteiger partial charge in [0.1, 0.15) is 12.2 Å². The van der Waals surface area contributed by atoms with E-state index in [0.717, 1.165) is 38.4 Å². The van der Waals surface area contributed by atoms with Crippen LogP contribution in [0.15, 0.2) is 6.33 Å². The van der Waals surface area contributed by atoms with Gasteiger partial charge < -0.3 is 5.32 Å². The maximum atomic E-state index is 4.30. The molecule has 1 aromatic rings. The van der Waals surface area contributed by atoms with Crippen molar-refractivity contribution in [2.45, 2.75) is 66.2 Å². The number of hydrogen-bond donors (Lipinski definition) is 1. The largest absolute Gasteiger partial charge is 0.309 e. The Morgan fingerprint density at radius 1 is 1.26 bits per heavy atom. The van der Waals surface area contributed by atoms with Crippen LogP contribution >= 0.6 is 0 Å². The maximum Gasteiger partial charge on any atom is 0.140 e. The Labute approximate surface area is 117 Å². The van der Waals surface area contributed by atoms with Crippen LogP contribution < -0.4 is 5.32 Å².